The molecule has 9 nitrogen and oxygen atoms in total. The molecule has 0 bridgehead atoms. The van der Waals surface area contributed by atoms with Gasteiger partial charge in [-0.3, -0.25) is 4.79 Å². The Morgan fingerprint density at radius 1 is 1.40 bits per heavy atom. The fourth-order valence-corrected chi connectivity index (χ4v) is 1.93. The van der Waals surface area contributed by atoms with Crippen molar-refractivity contribution < 1.29 is 39.5 Å². The van der Waals surface area contributed by atoms with E-state index < -0.39 is 55.2 Å². The number of amides is 1. The summed E-state index contributed by atoms with van der Waals surface area (Å²) in [6, 6.07) is -1.15. The highest BCUT2D eigenvalue weighted by atomic mass is 16.6. The van der Waals surface area contributed by atoms with Gasteiger partial charge in [-0.15, -0.1) is 0 Å². The molecule has 20 heavy (non-hydrogen) atoms. The van der Waals surface area contributed by atoms with Crippen molar-refractivity contribution in [3.05, 3.63) is 0 Å². The van der Waals surface area contributed by atoms with E-state index in [1.54, 1.807) is 0 Å². The van der Waals surface area contributed by atoms with Crippen LogP contribution in [0.15, 0.2) is 0 Å². The van der Waals surface area contributed by atoms with Crippen LogP contribution in [-0.4, -0.2) is 75.7 Å². The Bertz CT molecular complexity index is 362. The topological polar surface area (TPSA) is 146 Å². The van der Waals surface area contributed by atoms with Crippen molar-refractivity contribution in [2.24, 2.45) is 0 Å². The third-order valence-corrected chi connectivity index (χ3v) is 2.95. The van der Waals surface area contributed by atoms with E-state index in [-0.39, 0.29) is 0 Å². The summed E-state index contributed by atoms with van der Waals surface area (Å²) in [4.78, 5) is 21.9. The third kappa shape index (κ3) is 3.87. The maximum atomic E-state index is 11.1. The highest BCUT2D eigenvalue weighted by Gasteiger charge is 2.46. The predicted octanol–water partition coefficient (Wildman–Crippen LogP) is -2.58. The zero-order valence-corrected chi connectivity index (χ0v) is 11.1. The molecule has 1 aliphatic heterocycles. The fraction of sp³-hybridized carbons (Fsp3) is 0.818. The number of carboxylic acids is 1. The Balaban J connectivity index is 2.92. The molecule has 0 aromatic heterocycles. The number of aliphatic hydroxyl groups is 3. The van der Waals surface area contributed by atoms with Crippen LogP contribution in [0.4, 0.5) is 0 Å². The van der Waals surface area contributed by atoms with Crippen molar-refractivity contribution in [2.45, 2.75) is 50.6 Å². The summed E-state index contributed by atoms with van der Waals surface area (Å²) in [5.74, 6) is -1.77. The predicted molar refractivity (Wildman–Crippen MR) is 63.5 cm³/mol. The first-order valence-corrected chi connectivity index (χ1v) is 6.05. The Kier molecular flexibility index (Phi) is 5.84. The lowest BCUT2D eigenvalue weighted by molar-refractivity contribution is -0.267. The third-order valence-electron chi connectivity index (χ3n) is 2.95. The SMILES string of the molecule is CC(=O)N[C@@H]1[C@@H](O[C@H](C)C(=O)O)[C@H](O)[C@@H](CO)O[C@H]1O. The average Bonchev–Trinajstić information content (AvgIpc) is 2.36. The molecule has 0 radical (unpaired) electrons. The maximum Gasteiger partial charge on any atom is 0.332 e. The molecule has 1 saturated heterocycles. The number of nitrogens with one attached hydrogen (secondary N) is 1. The largest absolute Gasteiger partial charge is 0.479 e. The van der Waals surface area contributed by atoms with Gasteiger partial charge in [-0.05, 0) is 6.92 Å². The summed E-state index contributed by atoms with van der Waals surface area (Å²) in [6.07, 6.45) is -6.57. The van der Waals surface area contributed by atoms with E-state index in [0.717, 1.165) is 0 Å². The van der Waals surface area contributed by atoms with Crippen molar-refractivity contribution >= 4 is 11.9 Å². The molecule has 0 saturated carbocycles. The lowest BCUT2D eigenvalue weighted by Gasteiger charge is -2.42. The van der Waals surface area contributed by atoms with Gasteiger partial charge < -0.3 is 35.2 Å². The minimum atomic E-state index is -1.54. The Labute approximate surface area is 115 Å². The van der Waals surface area contributed by atoms with Gasteiger partial charge in [-0.25, -0.2) is 4.79 Å². The lowest BCUT2D eigenvalue weighted by Crippen LogP contribution is -2.65. The van der Waals surface area contributed by atoms with Crippen LogP contribution in [0.1, 0.15) is 13.8 Å². The van der Waals surface area contributed by atoms with E-state index in [0.29, 0.717) is 0 Å². The average molecular weight is 293 g/mol. The summed E-state index contributed by atoms with van der Waals surface area (Å²) >= 11 is 0. The first kappa shape index (κ1) is 16.8. The van der Waals surface area contributed by atoms with Gasteiger partial charge in [0.05, 0.1) is 6.61 Å². The second-order valence-corrected chi connectivity index (χ2v) is 4.55. The van der Waals surface area contributed by atoms with E-state index in [1.165, 1.54) is 13.8 Å². The minimum Gasteiger partial charge on any atom is -0.479 e. The van der Waals surface area contributed by atoms with Crippen molar-refractivity contribution in [1.82, 2.24) is 5.32 Å². The van der Waals surface area contributed by atoms with Crippen LogP contribution in [0.25, 0.3) is 0 Å². The van der Waals surface area contributed by atoms with Crippen molar-refractivity contribution in [3.8, 4) is 0 Å². The first-order valence-electron chi connectivity index (χ1n) is 6.05. The van der Waals surface area contributed by atoms with E-state index >= 15 is 0 Å². The zero-order chi connectivity index (χ0) is 15.4. The van der Waals surface area contributed by atoms with Gasteiger partial charge in [0.1, 0.15) is 24.4 Å². The Hall–Kier alpha value is -1.26. The van der Waals surface area contributed by atoms with Crippen LogP contribution in [0, 0.1) is 0 Å². The van der Waals surface area contributed by atoms with E-state index in [9.17, 15) is 19.8 Å². The molecule has 1 amide bonds. The summed E-state index contributed by atoms with van der Waals surface area (Å²) in [5, 5.41) is 40.0. The minimum absolute atomic E-state index is 0.510. The highest BCUT2D eigenvalue weighted by Crippen LogP contribution is 2.23. The van der Waals surface area contributed by atoms with Crippen LogP contribution in [0.2, 0.25) is 0 Å². The first-order chi connectivity index (χ1) is 9.27. The Morgan fingerprint density at radius 2 is 2.00 bits per heavy atom. The van der Waals surface area contributed by atoms with Crippen LogP contribution in [0.3, 0.4) is 0 Å². The van der Waals surface area contributed by atoms with Gasteiger partial charge in [-0.2, -0.15) is 0 Å². The number of ether oxygens (including phenoxy) is 2. The molecule has 0 unspecified atom stereocenters. The number of hydrogen-bond acceptors (Lipinski definition) is 7. The number of hydrogen-bond donors (Lipinski definition) is 5. The quantitative estimate of drug-likeness (QED) is 0.371. The van der Waals surface area contributed by atoms with Crippen LogP contribution in [-0.2, 0) is 19.1 Å². The van der Waals surface area contributed by atoms with Crippen LogP contribution in [0.5, 0.6) is 0 Å². The molecule has 5 N–H and O–H groups in total. The number of rotatable bonds is 5. The normalized spacial score (nSPS) is 35.4. The number of carbonyl (C=O) groups is 2. The summed E-state index contributed by atoms with van der Waals surface area (Å²) < 4.78 is 10.1. The van der Waals surface area contributed by atoms with E-state index in [2.05, 4.69) is 5.32 Å². The monoisotopic (exact) mass is 293 g/mol. The number of carboxylic acid groups (broad SMARTS) is 1. The van der Waals surface area contributed by atoms with Crippen molar-refractivity contribution in [1.29, 1.82) is 0 Å². The molecule has 0 aromatic rings. The Morgan fingerprint density at radius 3 is 2.45 bits per heavy atom. The molecule has 1 rings (SSSR count). The zero-order valence-electron chi connectivity index (χ0n) is 11.1. The van der Waals surface area contributed by atoms with E-state index in [4.69, 9.17) is 19.7 Å². The second-order valence-electron chi connectivity index (χ2n) is 4.55. The van der Waals surface area contributed by atoms with Crippen LogP contribution >= 0.6 is 0 Å². The molecule has 6 atom stereocenters. The highest BCUT2D eigenvalue weighted by molar-refractivity contribution is 5.73. The molecule has 0 spiro atoms. The van der Waals surface area contributed by atoms with Crippen LogP contribution < -0.4 is 5.32 Å². The van der Waals surface area contributed by atoms with Gasteiger partial charge in [0.15, 0.2) is 12.4 Å². The van der Waals surface area contributed by atoms with Gasteiger partial charge in [-0.1, -0.05) is 0 Å². The molecule has 1 aliphatic rings. The van der Waals surface area contributed by atoms with E-state index in [1.807, 2.05) is 0 Å². The number of aliphatic hydroxyl groups excluding tert-OH is 3. The maximum absolute atomic E-state index is 11.1. The standard InChI is InChI=1S/C11H19NO8/c1-4(10(16)17)19-9-7(12-5(2)14)11(18)20-6(3-13)8(9)15/h4,6-9,11,13,15,18H,3H2,1-2H3,(H,12,14)(H,16,17)/t4-,6-,7-,8-,9-,11-/m1/s1. The number of carbonyl (C=O) groups excluding carboxylic acids is 1. The fourth-order valence-electron chi connectivity index (χ4n) is 1.93. The molecule has 0 aromatic carbocycles. The molecule has 1 heterocycles. The number of aliphatic carboxylic acids is 1. The van der Waals surface area contributed by atoms with Gasteiger partial charge in [0, 0.05) is 6.92 Å². The van der Waals surface area contributed by atoms with Crippen molar-refractivity contribution in [3.63, 3.8) is 0 Å². The van der Waals surface area contributed by atoms with Gasteiger partial charge >= 0.3 is 5.97 Å². The molecule has 9 heteroatoms. The summed E-state index contributed by atoms with van der Waals surface area (Å²) in [5.41, 5.74) is 0. The van der Waals surface area contributed by atoms with Gasteiger partial charge in [0.25, 0.3) is 0 Å². The van der Waals surface area contributed by atoms with Gasteiger partial charge in [0.2, 0.25) is 5.91 Å². The molecular weight excluding hydrogens is 274 g/mol. The summed E-state index contributed by atoms with van der Waals surface area (Å²) in [7, 11) is 0. The summed E-state index contributed by atoms with van der Waals surface area (Å²) in [6.45, 7) is 1.84. The molecule has 116 valence electrons. The lowest BCUT2D eigenvalue weighted by atomic mass is 9.96. The molecule has 1 fully saturated rings. The second kappa shape index (κ2) is 6.95. The molecular formula is C11H19NO8. The van der Waals surface area contributed by atoms with Crippen molar-refractivity contribution in [2.75, 3.05) is 6.61 Å². The smallest absolute Gasteiger partial charge is 0.332 e. The molecule has 0 aliphatic carbocycles.